The van der Waals surface area contributed by atoms with Crippen LogP contribution in [0.2, 0.25) is 0 Å². The van der Waals surface area contributed by atoms with Crippen LogP contribution < -0.4 is 0 Å². The van der Waals surface area contributed by atoms with Crippen LogP contribution in [0.5, 0.6) is 0 Å². The molecule has 0 amide bonds. The average Bonchev–Trinajstić information content (AvgIpc) is 2.51. The van der Waals surface area contributed by atoms with Gasteiger partial charge in [-0.1, -0.05) is 13.8 Å². The van der Waals surface area contributed by atoms with Gasteiger partial charge in [0.15, 0.2) is 0 Å². The fraction of sp³-hybridized carbons (Fsp3) is 0.600. The van der Waals surface area contributed by atoms with E-state index in [-0.39, 0.29) is 17.8 Å². The molecule has 0 aliphatic heterocycles. The molecule has 0 aliphatic carbocycles. The van der Waals surface area contributed by atoms with Gasteiger partial charge >= 0.3 is 5.97 Å². The maximum absolute atomic E-state index is 11.5. The van der Waals surface area contributed by atoms with E-state index in [1.54, 1.807) is 10.9 Å². The van der Waals surface area contributed by atoms with Crippen molar-refractivity contribution in [2.45, 2.75) is 19.8 Å². The molecule has 0 aliphatic rings. The molecule has 0 spiro atoms. The molecule has 0 bridgehead atoms. The quantitative estimate of drug-likeness (QED) is 0.685. The van der Waals surface area contributed by atoms with E-state index < -0.39 is 0 Å². The molecule has 78 valence electrons. The Hall–Kier alpha value is -1.32. The molecule has 0 radical (unpaired) electrons. The number of aromatic nitrogens is 2. The number of rotatable bonds is 3. The van der Waals surface area contributed by atoms with Gasteiger partial charge in [-0.05, 0) is 5.92 Å². The van der Waals surface area contributed by atoms with Crippen molar-refractivity contribution < 1.29 is 9.53 Å². The highest BCUT2D eigenvalue weighted by atomic mass is 16.5. The summed E-state index contributed by atoms with van der Waals surface area (Å²) < 4.78 is 6.45. The lowest BCUT2D eigenvalue weighted by molar-refractivity contribution is -0.143. The minimum Gasteiger partial charge on any atom is -0.469 e. The van der Waals surface area contributed by atoms with Gasteiger partial charge in [-0.2, -0.15) is 5.10 Å². The third-order valence-corrected chi connectivity index (χ3v) is 2.21. The molecule has 1 unspecified atom stereocenters. The highest BCUT2D eigenvalue weighted by Crippen LogP contribution is 2.24. The third-order valence-electron chi connectivity index (χ3n) is 2.21. The summed E-state index contributed by atoms with van der Waals surface area (Å²) in [5.41, 5.74) is 0.911. The Morgan fingerprint density at radius 2 is 2.21 bits per heavy atom. The van der Waals surface area contributed by atoms with Crippen LogP contribution in [0.15, 0.2) is 12.4 Å². The molecule has 0 saturated heterocycles. The van der Waals surface area contributed by atoms with Gasteiger partial charge in [0.1, 0.15) is 0 Å². The van der Waals surface area contributed by atoms with Crippen LogP contribution in [0.4, 0.5) is 0 Å². The number of carbonyl (C=O) groups excluding carboxylic acids is 1. The van der Waals surface area contributed by atoms with Crippen LogP contribution in [-0.4, -0.2) is 22.9 Å². The lowest BCUT2D eigenvalue weighted by Gasteiger charge is -2.16. The first-order chi connectivity index (χ1) is 6.56. The zero-order valence-electron chi connectivity index (χ0n) is 9.02. The average molecular weight is 196 g/mol. The van der Waals surface area contributed by atoms with Crippen molar-refractivity contribution in [1.82, 2.24) is 9.78 Å². The number of methoxy groups -OCH3 is 1. The van der Waals surface area contributed by atoms with Crippen LogP contribution in [0.25, 0.3) is 0 Å². The van der Waals surface area contributed by atoms with Crippen molar-refractivity contribution >= 4 is 5.97 Å². The molecule has 1 heterocycles. The second-order valence-corrected chi connectivity index (χ2v) is 3.69. The molecule has 0 fully saturated rings. The highest BCUT2D eigenvalue weighted by Gasteiger charge is 2.25. The van der Waals surface area contributed by atoms with E-state index in [4.69, 9.17) is 4.74 Å². The second kappa shape index (κ2) is 4.26. The molecule has 0 aromatic carbocycles. The molecule has 1 aromatic heterocycles. The third kappa shape index (κ3) is 2.13. The van der Waals surface area contributed by atoms with Crippen molar-refractivity contribution in [3.05, 3.63) is 18.0 Å². The molecule has 1 rings (SSSR count). The summed E-state index contributed by atoms with van der Waals surface area (Å²) in [4.78, 5) is 11.5. The molecular formula is C10H16N2O2. The monoisotopic (exact) mass is 196 g/mol. The summed E-state index contributed by atoms with van der Waals surface area (Å²) in [6.07, 6.45) is 3.56. The van der Waals surface area contributed by atoms with E-state index in [2.05, 4.69) is 5.10 Å². The lowest BCUT2D eigenvalue weighted by Crippen LogP contribution is -2.19. The van der Waals surface area contributed by atoms with Crippen molar-refractivity contribution in [1.29, 1.82) is 0 Å². The summed E-state index contributed by atoms with van der Waals surface area (Å²) in [7, 11) is 3.24. The molecule has 1 atom stereocenters. The molecule has 14 heavy (non-hydrogen) atoms. The van der Waals surface area contributed by atoms with Crippen LogP contribution >= 0.6 is 0 Å². The maximum atomic E-state index is 11.5. The first-order valence-electron chi connectivity index (χ1n) is 4.62. The smallest absolute Gasteiger partial charge is 0.313 e. The van der Waals surface area contributed by atoms with Crippen molar-refractivity contribution in [3.63, 3.8) is 0 Å². The molecule has 4 nitrogen and oxygen atoms in total. The standard InChI is InChI=1S/C10H16N2O2/c1-7(2)9(10(13)14-4)8-5-11-12(3)6-8/h5-7,9H,1-4H3. The SMILES string of the molecule is COC(=O)C(c1cnn(C)c1)C(C)C. The van der Waals surface area contributed by atoms with Crippen LogP contribution in [0, 0.1) is 5.92 Å². The van der Waals surface area contributed by atoms with E-state index in [0.717, 1.165) is 5.56 Å². The molecule has 1 aromatic rings. The topological polar surface area (TPSA) is 44.1 Å². The number of nitrogens with zero attached hydrogens (tertiary/aromatic N) is 2. The predicted octanol–water partition coefficient (Wildman–Crippen LogP) is 1.33. The van der Waals surface area contributed by atoms with Crippen LogP contribution in [-0.2, 0) is 16.6 Å². The summed E-state index contributed by atoms with van der Waals surface area (Å²) in [5, 5.41) is 4.05. The van der Waals surface area contributed by atoms with Gasteiger partial charge in [0.25, 0.3) is 0 Å². The molecule has 0 saturated carbocycles. The van der Waals surface area contributed by atoms with Crippen molar-refractivity contribution in [3.8, 4) is 0 Å². The Kier molecular flexibility index (Phi) is 3.28. The second-order valence-electron chi connectivity index (χ2n) is 3.69. The van der Waals surface area contributed by atoms with E-state index >= 15 is 0 Å². The number of aryl methyl sites for hydroxylation is 1. The predicted molar refractivity (Wildman–Crippen MR) is 52.8 cm³/mol. The summed E-state index contributed by atoms with van der Waals surface area (Å²) in [6, 6.07) is 0. The Morgan fingerprint density at radius 3 is 2.57 bits per heavy atom. The van der Waals surface area contributed by atoms with Gasteiger partial charge in [-0.25, -0.2) is 0 Å². The number of esters is 1. The Labute approximate surface area is 83.9 Å². The van der Waals surface area contributed by atoms with Crippen molar-refractivity contribution in [2.75, 3.05) is 7.11 Å². The zero-order valence-corrected chi connectivity index (χ0v) is 9.02. The highest BCUT2D eigenvalue weighted by molar-refractivity contribution is 5.78. The normalized spacial score (nSPS) is 12.9. The lowest BCUT2D eigenvalue weighted by atomic mass is 9.91. The Balaban J connectivity index is 2.94. The summed E-state index contributed by atoms with van der Waals surface area (Å²) >= 11 is 0. The van der Waals surface area contributed by atoms with Crippen LogP contribution in [0.3, 0.4) is 0 Å². The number of hydrogen-bond acceptors (Lipinski definition) is 3. The Morgan fingerprint density at radius 1 is 1.57 bits per heavy atom. The van der Waals surface area contributed by atoms with E-state index in [1.807, 2.05) is 27.1 Å². The van der Waals surface area contributed by atoms with Gasteiger partial charge in [-0.15, -0.1) is 0 Å². The minimum absolute atomic E-state index is 0.201. The van der Waals surface area contributed by atoms with Gasteiger partial charge < -0.3 is 4.74 Å². The Bertz CT molecular complexity index is 318. The number of hydrogen-bond donors (Lipinski definition) is 0. The first kappa shape index (κ1) is 10.8. The molecule has 4 heteroatoms. The summed E-state index contributed by atoms with van der Waals surface area (Å²) in [5.74, 6) is -0.201. The number of carbonyl (C=O) groups is 1. The molecular weight excluding hydrogens is 180 g/mol. The van der Waals surface area contributed by atoms with E-state index in [9.17, 15) is 4.79 Å². The zero-order chi connectivity index (χ0) is 10.7. The fourth-order valence-corrected chi connectivity index (χ4v) is 1.52. The van der Waals surface area contributed by atoms with Gasteiger partial charge in [0, 0.05) is 18.8 Å². The fourth-order valence-electron chi connectivity index (χ4n) is 1.52. The van der Waals surface area contributed by atoms with Gasteiger partial charge in [0.2, 0.25) is 0 Å². The van der Waals surface area contributed by atoms with E-state index in [1.165, 1.54) is 7.11 Å². The van der Waals surface area contributed by atoms with Crippen LogP contribution in [0.1, 0.15) is 25.3 Å². The number of ether oxygens (including phenoxy) is 1. The van der Waals surface area contributed by atoms with Gasteiger partial charge in [-0.3, -0.25) is 9.48 Å². The van der Waals surface area contributed by atoms with Crippen molar-refractivity contribution in [2.24, 2.45) is 13.0 Å². The first-order valence-corrected chi connectivity index (χ1v) is 4.62. The largest absolute Gasteiger partial charge is 0.469 e. The minimum atomic E-state index is -0.214. The summed E-state index contributed by atoms with van der Waals surface area (Å²) in [6.45, 7) is 3.99. The molecule has 0 N–H and O–H groups in total. The maximum Gasteiger partial charge on any atom is 0.313 e. The van der Waals surface area contributed by atoms with E-state index in [0.29, 0.717) is 0 Å². The van der Waals surface area contributed by atoms with Gasteiger partial charge in [0.05, 0.1) is 19.2 Å².